The Balaban J connectivity index is 1.73. The molecule has 0 fully saturated rings. The highest BCUT2D eigenvalue weighted by molar-refractivity contribution is 6.05. The van der Waals surface area contributed by atoms with Gasteiger partial charge in [0.2, 0.25) is 0 Å². The van der Waals surface area contributed by atoms with Gasteiger partial charge >= 0.3 is 0 Å². The second kappa shape index (κ2) is 7.11. The number of carbonyl (C=O) groups is 2. The summed E-state index contributed by atoms with van der Waals surface area (Å²) < 4.78 is 6.91. The number of benzene rings is 1. The summed E-state index contributed by atoms with van der Waals surface area (Å²) >= 11 is 0. The number of aromatic nitrogens is 2. The van der Waals surface area contributed by atoms with Gasteiger partial charge in [-0.15, -0.1) is 0 Å². The molecule has 0 radical (unpaired) electrons. The quantitative estimate of drug-likeness (QED) is 0.720. The van der Waals surface area contributed by atoms with Gasteiger partial charge in [0, 0.05) is 11.9 Å². The van der Waals surface area contributed by atoms with Crippen LogP contribution in [0.4, 0.5) is 11.4 Å². The Morgan fingerprint density at radius 1 is 1.07 bits per heavy atom. The molecular weight excluding hydrogens is 344 g/mol. The summed E-state index contributed by atoms with van der Waals surface area (Å²) in [4.78, 5) is 25.1. The molecule has 27 heavy (non-hydrogen) atoms. The minimum Gasteiger partial charge on any atom is -0.466 e. The molecule has 2 N–H and O–H groups in total. The summed E-state index contributed by atoms with van der Waals surface area (Å²) in [5.41, 5.74) is 0.739. The van der Waals surface area contributed by atoms with Crippen molar-refractivity contribution in [1.29, 1.82) is 0 Å². The highest BCUT2D eigenvalue weighted by atomic mass is 16.3. The molecule has 0 aliphatic rings. The number of para-hydroxylation sites is 1. The lowest BCUT2D eigenvalue weighted by Gasteiger charge is -2.24. The number of hydrogen-bond acceptors (Lipinski definition) is 4. The predicted molar refractivity (Wildman–Crippen MR) is 103 cm³/mol. The van der Waals surface area contributed by atoms with Crippen LogP contribution >= 0.6 is 0 Å². The lowest BCUT2D eigenvalue weighted by atomic mass is 10.0. The van der Waals surface area contributed by atoms with Crippen LogP contribution in [-0.4, -0.2) is 21.6 Å². The number of carbonyl (C=O) groups excluding carboxylic acids is 2. The van der Waals surface area contributed by atoms with Crippen molar-refractivity contribution in [1.82, 2.24) is 9.78 Å². The van der Waals surface area contributed by atoms with E-state index in [2.05, 4.69) is 15.7 Å². The first-order chi connectivity index (χ1) is 12.8. The van der Waals surface area contributed by atoms with Gasteiger partial charge in [-0.2, -0.15) is 5.10 Å². The molecule has 0 spiro atoms. The molecule has 7 nitrogen and oxygen atoms in total. The highest BCUT2D eigenvalue weighted by Gasteiger charge is 2.31. The third-order valence-corrected chi connectivity index (χ3v) is 4.29. The molecule has 0 unspecified atom stereocenters. The molecule has 2 heterocycles. The molecule has 2 aromatic heterocycles. The smallest absolute Gasteiger partial charge is 0.259 e. The van der Waals surface area contributed by atoms with Gasteiger partial charge in [-0.05, 0) is 45.9 Å². The number of hydrogen-bond donors (Lipinski definition) is 2. The highest BCUT2D eigenvalue weighted by Crippen LogP contribution is 2.21. The maximum absolute atomic E-state index is 12.7. The van der Waals surface area contributed by atoms with E-state index in [-0.39, 0.29) is 11.8 Å². The largest absolute Gasteiger partial charge is 0.466 e. The van der Waals surface area contributed by atoms with E-state index in [0.717, 1.165) is 0 Å². The number of anilines is 2. The monoisotopic (exact) mass is 366 g/mol. The fraction of sp³-hybridized carbons (Fsp3) is 0.250. The van der Waals surface area contributed by atoms with E-state index >= 15 is 0 Å². The summed E-state index contributed by atoms with van der Waals surface area (Å²) in [6, 6.07) is 10.9. The van der Waals surface area contributed by atoms with E-state index < -0.39 is 5.54 Å². The average Bonchev–Trinajstić information content (AvgIpc) is 3.22. The number of nitrogens with one attached hydrogen (secondary N) is 2. The predicted octanol–water partition coefficient (Wildman–Crippen LogP) is 3.72. The van der Waals surface area contributed by atoms with Crippen molar-refractivity contribution in [3.63, 3.8) is 0 Å². The fourth-order valence-electron chi connectivity index (χ4n) is 2.66. The Kier molecular flexibility index (Phi) is 4.85. The Labute approximate surface area is 157 Å². The van der Waals surface area contributed by atoms with Crippen molar-refractivity contribution < 1.29 is 14.0 Å². The van der Waals surface area contributed by atoms with E-state index in [4.69, 9.17) is 4.42 Å². The molecule has 140 valence electrons. The molecule has 7 heteroatoms. The molecule has 0 saturated carbocycles. The molecule has 0 bridgehead atoms. The van der Waals surface area contributed by atoms with Gasteiger partial charge < -0.3 is 15.1 Å². The molecule has 1 aromatic carbocycles. The SMILES string of the molecule is Cc1cc(C(=O)Nc2cnn(C(C)(C)C(=O)Nc3ccccc3)c2)c(C)o1. The summed E-state index contributed by atoms with van der Waals surface area (Å²) in [6.07, 6.45) is 3.14. The van der Waals surface area contributed by atoms with Gasteiger partial charge in [-0.3, -0.25) is 14.3 Å². The summed E-state index contributed by atoms with van der Waals surface area (Å²) in [5, 5.41) is 9.89. The van der Waals surface area contributed by atoms with E-state index in [1.54, 1.807) is 40.0 Å². The fourth-order valence-corrected chi connectivity index (χ4v) is 2.66. The third kappa shape index (κ3) is 3.92. The number of furan rings is 1. The van der Waals surface area contributed by atoms with Gasteiger partial charge in [-0.25, -0.2) is 0 Å². The Hall–Kier alpha value is -3.35. The van der Waals surface area contributed by atoms with Crippen molar-refractivity contribution in [3.8, 4) is 0 Å². The summed E-state index contributed by atoms with van der Waals surface area (Å²) in [6.45, 7) is 7.04. The topological polar surface area (TPSA) is 89.2 Å². The van der Waals surface area contributed by atoms with Crippen LogP contribution in [-0.2, 0) is 10.3 Å². The Morgan fingerprint density at radius 2 is 1.78 bits per heavy atom. The molecule has 3 rings (SSSR count). The first-order valence-electron chi connectivity index (χ1n) is 8.57. The second-order valence-electron chi connectivity index (χ2n) is 6.83. The molecule has 3 aromatic rings. The molecule has 2 amide bonds. The lowest BCUT2D eigenvalue weighted by Crippen LogP contribution is -2.40. The van der Waals surface area contributed by atoms with Crippen molar-refractivity contribution in [2.45, 2.75) is 33.2 Å². The van der Waals surface area contributed by atoms with Crippen LogP contribution in [0, 0.1) is 13.8 Å². The van der Waals surface area contributed by atoms with Crippen LogP contribution in [0.3, 0.4) is 0 Å². The normalized spacial score (nSPS) is 11.3. The molecule has 0 saturated heterocycles. The first kappa shape index (κ1) is 18.4. The van der Waals surface area contributed by atoms with E-state index in [9.17, 15) is 9.59 Å². The number of nitrogens with zero attached hydrogens (tertiary/aromatic N) is 2. The van der Waals surface area contributed by atoms with Crippen LogP contribution in [0.2, 0.25) is 0 Å². The molecular formula is C20H22N4O3. The maximum atomic E-state index is 12.7. The Morgan fingerprint density at radius 3 is 2.41 bits per heavy atom. The van der Waals surface area contributed by atoms with Gasteiger partial charge in [-0.1, -0.05) is 18.2 Å². The number of aryl methyl sites for hydroxylation is 2. The number of rotatable bonds is 5. The van der Waals surface area contributed by atoms with Gasteiger partial charge in [0.05, 0.1) is 17.4 Å². The lowest BCUT2D eigenvalue weighted by molar-refractivity contribution is -0.123. The second-order valence-corrected chi connectivity index (χ2v) is 6.83. The van der Waals surface area contributed by atoms with Crippen LogP contribution < -0.4 is 10.6 Å². The standard InChI is InChI=1S/C20H22N4O3/c1-13-10-17(14(2)27-13)18(25)22-16-11-21-24(12-16)20(3,4)19(26)23-15-8-6-5-7-9-15/h5-12H,1-4H3,(H,22,25)(H,23,26). The third-order valence-electron chi connectivity index (χ3n) is 4.29. The van der Waals surface area contributed by atoms with Crippen LogP contribution in [0.15, 0.2) is 53.2 Å². The zero-order valence-corrected chi connectivity index (χ0v) is 15.7. The van der Waals surface area contributed by atoms with Crippen molar-refractivity contribution >= 4 is 23.2 Å². The van der Waals surface area contributed by atoms with Crippen molar-refractivity contribution in [2.75, 3.05) is 10.6 Å². The molecule has 0 atom stereocenters. The Bertz CT molecular complexity index is 970. The van der Waals surface area contributed by atoms with Crippen LogP contribution in [0.25, 0.3) is 0 Å². The first-order valence-corrected chi connectivity index (χ1v) is 8.57. The van der Waals surface area contributed by atoms with E-state index in [0.29, 0.717) is 28.5 Å². The zero-order valence-electron chi connectivity index (χ0n) is 15.7. The van der Waals surface area contributed by atoms with Crippen molar-refractivity contribution in [2.24, 2.45) is 0 Å². The van der Waals surface area contributed by atoms with Gasteiger partial charge in [0.25, 0.3) is 11.8 Å². The molecule has 0 aliphatic heterocycles. The van der Waals surface area contributed by atoms with E-state index in [1.165, 1.54) is 10.9 Å². The maximum Gasteiger partial charge on any atom is 0.259 e. The number of amides is 2. The minimum atomic E-state index is -0.943. The van der Waals surface area contributed by atoms with Crippen LogP contribution in [0.5, 0.6) is 0 Å². The van der Waals surface area contributed by atoms with Crippen LogP contribution in [0.1, 0.15) is 35.7 Å². The van der Waals surface area contributed by atoms with Crippen molar-refractivity contribution in [3.05, 3.63) is 65.9 Å². The minimum absolute atomic E-state index is 0.212. The summed E-state index contributed by atoms with van der Waals surface area (Å²) in [5.74, 6) is 0.735. The van der Waals surface area contributed by atoms with E-state index in [1.807, 2.05) is 30.3 Å². The zero-order chi connectivity index (χ0) is 19.6. The molecule has 0 aliphatic carbocycles. The van der Waals surface area contributed by atoms with Gasteiger partial charge in [0.15, 0.2) is 0 Å². The summed E-state index contributed by atoms with van der Waals surface area (Å²) in [7, 11) is 0. The van der Waals surface area contributed by atoms with Gasteiger partial charge in [0.1, 0.15) is 17.1 Å². The average molecular weight is 366 g/mol.